The van der Waals surface area contributed by atoms with Crippen molar-refractivity contribution in [2.75, 3.05) is 22.4 Å². The van der Waals surface area contributed by atoms with Crippen LogP contribution in [0.4, 0.5) is 11.4 Å². The van der Waals surface area contributed by atoms with E-state index in [9.17, 15) is 9.59 Å². The van der Waals surface area contributed by atoms with E-state index < -0.39 is 0 Å². The maximum Gasteiger partial charge on any atom is 0.239 e. The predicted octanol–water partition coefficient (Wildman–Crippen LogP) is 5.56. The molecule has 0 fully saturated rings. The number of carbonyl (C=O) groups is 2. The summed E-state index contributed by atoms with van der Waals surface area (Å²) < 4.78 is 0. The molecule has 0 atom stereocenters. The Morgan fingerprint density at radius 1 is 0.679 bits per heavy atom. The quantitative estimate of drug-likeness (QED) is 0.621. The third-order valence-electron chi connectivity index (χ3n) is 4.96. The first-order valence-corrected chi connectivity index (χ1v) is 10.1. The summed E-state index contributed by atoms with van der Waals surface area (Å²) in [5.74, 6) is -0.677. The van der Waals surface area contributed by atoms with Gasteiger partial charge in [0.05, 0.1) is 0 Å². The molecular formula is C22H26Cl2N2O2. The SMILES string of the molecule is Cc1cc(C)c(-c2c(C)cc(C)c(NC(=O)CCl)c2C)c(C)c1NC(=O)CCl. The number of hydrogen-bond donors (Lipinski definition) is 2. The van der Waals surface area contributed by atoms with Crippen LogP contribution < -0.4 is 10.6 Å². The Labute approximate surface area is 176 Å². The van der Waals surface area contributed by atoms with Gasteiger partial charge < -0.3 is 10.6 Å². The number of amides is 2. The molecule has 4 nitrogen and oxygen atoms in total. The maximum atomic E-state index is 11.9. The van der Waals surface area contributed by atoms with Gasteiger partial charge in [-0.05, 0) is 86.1 Å². The Balaban J connectivity index is 2.77. The highest BCUT2D eigenvalue weighted by Crippen LogP contribution is 2.41. The lowest BCUT2D eigenvalue weighted by Gasteiger charge is -2.23. The molecule has 0 unspecified atom stereocenters. The van der Waals surface area contributed by atoms with E-state index in [-0.39, 0.29) is 23.6 Å². The molecule has 0 saturated heterocycles. The van der Waals surface area contributed by atoms with Crippen LogP contribution >= 0.6 is 23.2 Å². The van der Waals surface area contributed by atoms with Gasteiger partial charge in [-0.15, -0.1) is 23.2 Å². The second-order valence-corrected chi connectivity index (χ2v) is 7.67. The van der Waals surface area contributed by atoms with E-state index >= 15 is 0 Å². The number of halogens is 2. The Kier molecular flexibility index (Phi) is 7.13. The van der Waals surface area contributed by atoms with Crippen molar-refractivity contribution >= 4 is 46.4 Å². The van der Waals surface area contributed by atoms with Crippen molar-refractivity contribution < 1.29 is 9.59 Å². The first-order chi connectivity index (χ1) is 13.1. The van der Waals surface area contributed by atoms with Gasteiger partial charge in [-0.2, -0.15) is 0 Å². The molecule has 150 valence electrons. The lowest BCUT2D eigenvalue weighted by molar-refractivity contribution is -0.114. The highest BCUT2D eigenvalue weighted by Gasteiger charge is 2.20. The molecule has 2 aromatic carbocycles. The molecule has 0 heterocycles. The smallest absolute Gasteiger partial charge is 0.239 e. The third kappa shape index (κ3) is 4.34. The van der Waals surface area contributed by atoms with Gasteiger partial charge in [-0.1, -0.05) is 12.1 Å². The van der Waals surface area contributed by atoms with E-state index in [0.717, 1.165) is 55.9 Å². The number of nitrogens with one attached hydrogen (secondary N) is 2. The largest absolute Gasteiger partial charge is 0.325 e. The molecule has 0 radical (unpaired) electrons. The van der Waals surface area contributed by atoms with Crippen molar-refractivity contribution in [3.63, 3.8) is 0 Å². The molecule has 2 rings (SSSR count). The van der Waals surface area contributed by atoms with Gasteiger partial charge in [0.15, 0.2) is 0 Å². The van der Waals surface area contributed by atoms with Crippen molar-refractivity contribution in [3.05, 3.63) is 45.5 Å². The highest BCUT2D eigenvalue weighted by atomic mass is 35.5. The minimum Gasteiger partial charge on any atom is -0.325 e. The van der Waals surface area contributed by atoms with Gasteiger partial charge in [0.25, 0.3) is 0 Å². The van der Waals surface area contributed by atoms with Crippen LogP contribution in [0.3, 0.4) is 0 Å². The van der Waals surface area contributed by atoms with E-state index in [1.807, 2.05) is 27.7 Å². The van der Waals surface area contributed by atoms with Crippen LogP contribution in [-0.2, 0) is 9.59 Å². The molecule has 0 aliphatic carbocycles. The van der Waals surface area contributed by atoms with E-state index in [2.05, 4.69) is 36.6 Å². The summed E-state index contributed by atoms with van der Waals surface area (Å²) in [6.45, 7) is 12.0. The van der Waals surface area contributed by atoms with Crippen LogP contribution in [0.15, 0.2) is 12.1 Å². The van der Waals surface area contributed by atoms with Crippen LogP contribution in [0.1, 0.15) is 33.4 Å². The summed E-state index contributed by atoms with van der Waals surface area (Å²) in [4.78, 5) is 23.8. The molecule has 2 N–H and O–H groups in total. The van der Waals surface area contributed by atoms with Gasteiger partial charge in [-0.25, -0.2) is 0 Å². The number of anilines is 2. The van der Waals surface area contributed by atoms with Crippen LogP contribution in [0, 0.1) is 41.5 Å². The van der Waals surface area contributed by atoms with E-state index in [4.69, 9.17) is 23.2 Å². The molecule has 2 aromatic rings. The lowest BCUT2D eigenvalue weighted by atomic mass is 9.85. The van der Waals surface area contributed by atoms with Gasteiger partial charge in [-0.3, -0.25) is 9.59 Å². The first-order valence-electron chi connectivity index (χ1n) is 9.05. The van der Waals surface area contributed by atoms with Gasteiger partial charge in [0.2, 0.25) is 11.8 Å². The van der Waals surface area contributed by atoms with Crippen LogP contribution in [0.5, 0.6) is 0 Å². The van der Waals surface area contributed by atoms with E-state index in [1.54, 1.807) is 0 Å². The van der Waals surface area contributed by atoms with Gasteiger partial charge in [0, 0.05) is 11.4 Å². The summed E-state index contributed by atoms with van der Waals surface area (Å²) in [5.41, 5.74) is 9.76. The molecule has 0 aliphatic heterocycles. The first kappa shape index (κ1) is 22.3. The second-order valence-electron chi connectivity index (χ2n) is 7.13. The van der Waals surface area contributed by atoms with Crippen LogP contribution in [0.2, 0.25) is 0 Å². The van der Waals surface area contributed by atoms with Gasteiger partial charge >= 0.3 is 0 Å². The number of carbonyl (C=O) groups excluding carboxylic acids is 2. The molecule has 0 aromatic heterocycles. The standard InChI is InChI=1S/C22H26Cl2N2O2/c1-11-7-13(3)21(25-17(27)9-23)15(5)19(11)20-12(2)8-14(4)22(16(20)6)26-18(28)10-24/h7-8H,9-10H2,1-6H3,(H,25,27)(H,26,28). The molecule has 28 heavy (non-hydrogen) atoms. The fraction of sp³-hybridized carbons (Fsp3) is 0.364. The Morgan fingerprint density at radius 3 is 1.29 bits per heavy atom. The molecular weight excluding hydrogens is 395 g/mol. The molecule has 0 bridgehead atoms. The zero-order valence-corrected chi connectivity index (χ0v) is 18.7. The summed E-state index contributed by atoms with van der Waals surface area (Å²) in [6.07, 6.45) is 0. The lowest BCUT2D eigenvalue weighted by Crippen LogP contribution is -2.16. The van der Waals surface area contributed by atoms with E-state index in [1.165, 1.54) is 0 Å². The number of alkyl halides is 2. The Morgan fingerprint density at radius 2 is 1.00 bits per heavy atom. The predicted molar refractivity (Wildman–Crippen MR) is 119 cm³/mol. The molecule has 0 spiro atoms. The molecule has 0 saturated carbocycles. The topological polar surface area (TPSA) is 58.2 Å². The van der Waals surface area contributed by atoms with Gasteiger partial charge in [0.1, 0.15) is 11.8 Å². The van der Waals surface area contributed by atoms with Crippen molar-refractivity contribution in [2.24, 2.45) is 0 Å². The number of rotatable bonds is 5. The second kappa shape index (κ2) is 8.97. The minimum absolute atomic E-state index is 0.0979. The van der Waals surface area contributed by atoms with Crippen LogP contribution in [-0.4, -0.2) is 23.6 Å². The van der Waals surface area contributed by atoms with Crippen molar-refractivity contribution in [1.29, 1.82) is 0 Å². The third-order valence-corrected chi connectivity index (χ3v) is 5.45. The van der Waals surface area contributed by atoms with Crippen molar-refractivity contribution in [3.8, 4) is 11.1 Å². The zero-order chi connectivity index (χ0) is 21.2. The zero-order valence-electron chi connectivity index (χ0n) is 17.1. The number of aryl methyl sites for hydroxylation is 4. The monoisotopic (exact) mass is 420 g/mol. The molecule has 6 heteroatoms. The number of hydrogen-bond acceptors (Lipinski definition) is 2. The summed E-state index contributed by atoms with van der Waals surface area (Å²) >= 11 is 11.4. The van der Waals surface area contributed by atoms with E-state index in [0.29, 0.717) is 0 Å². The Hall–Kier alpha value is -2.04. The molecule has 0 aliphatic rings. The van der Waals surface area contributed by atoms with Crippen molar-refractivity contribution in [1.82, 2.24) is 0 Å². The van der Waals surface area contributed by atoms with Crippen LogP contribution in [0.25, 0.3) is 11.1 Å². The Bertz CT molecular complexity index is 875. The maximum absolute atomic E-state index is 11.9. The summed E-state index contributed by atoms with van der Waals surface area (Å²) in [7, 11) is 0. The normalized spacial score (nSPS) is 10.7. The summed E-state index contributed by atoms with van der Waals surface area (Å²) in [6, 6.07) is 4.11. The summed E-state index contributed by atoms with van der Waals surface area (Å²) in [5, 5.41) is 5.83. The fourth-order valence-corrected chi connectivity index (χ4v) is 4.00. The average Bonchev–Trinajstić information content (AvgIpc) is 2.63. The van der Waals surface area contributed by atoms with Crippen molar-refractivity contribution in [2.45, 2.75) is 41.5 Å². The minimum atomic E-state index is -0.241. The average molecular weight is 421 g/mol. The highest BCUT2D eigenvalue weighted by molar-refractivity contribution is 6.29. The molecule has 2 amide bonds. The number of benzene rings is 2. The fourth-order valence-electron chi connectivity index (χ4n) is 3.87.